The lowest BCUT2D eigenvalue weighted by Gasteiger charge is -2.29. The summed E-state index contributed by atoms with van der Waals surface area (Å²) in [6, 6.07) is 15.6. The summed E-state index contributed by atoms with van der Waals surface area (Å²) < 4.78 is 10.9. The van der Waals surface area contributed by atoms with Crippen LogP contribution in [-0.2, 0) is 6.54 Å². The van der Waals surface area contributed by atoms with Crippen molar-refractivity contribution in [1.82, 2.24) is 4.90 Å². The van der Waals surface area contributed by atoms with Gasteiger partial charge in [0.1, 0.15) is 0 Å². The van der Waals surface area contributed by atoms with Gasteiger partial charge >= 0.3 is 0 Å². The normalized spacial score (nSPS) is 11.7. The molecule has 0 aliphatic rings. The van der Waals surface area contributed by atoms with Gasteiger partial charge in [-0.3, -0.25) is 4.79 Å². The zero-order valence-corrected chi connectivity index (χ0v) is 15.5. The maximum Gasteiger partial charge on any atom is 0.254 e. The third-order valence-electron chi connectivity index (χ3n) is 4.29. The molecule has 1 atom stereocenters. The Morgan fingerprint density at radius 1 is 1.08 bits per heavy atom. The van der Waals surface area contributed by atoms with Crippen molar-refractivity contribution >= 4 is 5.91 Å². The van der Waals surface area contributed by atoms with E-state index >= 15 is 0 Å². The third kappa shape index (κ3) is 4.75. The van der Waals surface area contributed by atoms with Gasteiger partial charge in [0, 0.05) is 18.2 Å². The van der Waals surface area contributed by atoms with Crippen molar-refractivity contribution in [3.63, 3.8) is 0 Å². The molecule has 25 heavy (non-hydrogen) atoms. The fraction of sp³-hybridized carbons (Fsp3) is 0.381. The van der Waals surface area contributed by atoms with E-state index < -0.39 is 0 Å². The third-order valence-corrected chi connectivity index (χ3v) is 4.29. The molecule has 2 rings (SSSR count). The molecule has 0 fully saturated rings. The average Bonchev–Trinajstić information content (AvgIpc) is 2.66. The molecule has 2 aromatic rings. The van der Waals surface area contributed by atoms with Crippen LogP contribution in [-0.4, -0.2) is 30.6 Å². The summed E-state index contributed by atoms with van der Waals surface area (Å²) in [6.07, 6.45) is 0.896. The molecule has 1 amide bonds. The monoisotopic (exact) mass is 341 g/mol. The number of nitrogens with zero attached hydrogens (tertiary/aromatic N) is 1. The Bertz CT molecular complexity index is 685. The lowest BCUT2D eigenvalue weighted by Crippen LogP contribution is -2.37. The van der Waals surface area contributed by atoms with Gasteiger partial charge in [0.15, 0.2) is 11.5 Å². The van der Waals surface area contributed by atoms with Crippen molar-refractivity contribution in [1.29, 1.82) is 0 Å². The standard InChI is InChI=1S/C21H27NO3/c1-5-16(3)22(15-17-10-8-7-9-11-17)21(23)18-12-13-19(25-6-2)20(14-18)24-4/h7-14,16H,5-6,15H2,1-4H3. The fourth-order valence-corrected chi connectivity index (χ4v) is 2.67. The van der Waals surface area contributed by atoms with Gasteiger partial charge in [-0.25, -0.2) is 0 Å². The molecule has 0 aliphatic heterocycles. The van der Waals surface area contributed by atoms with E-state index in [9.17, 15) is 4.79 Å². The Morgan fingerprint density at radius 3 is 2.40 bits per heavy atom. The number of ether oxygens (including phenoxy) is 2. The van der Waals surface area contributed by atoms with Crippen LogP contribution in [0.4, 0.5) is 0 Å². The minimum atomic E-state index is -0.000415. The maximum absolute atomic E-state index is 13.1. The summed E-state index contributed by atoms with van der Waals surface area (Å²) >= 11 is 0. The van der Waals surface area contributed by atoms with Crippen LogP contribution in [0.2, 0.25) is 0 Å². The molecule has 4 nitrogen and oxygen atoms in total. The van der Waals surface area contributed by atoms with Gasteiger partial charge in [-0.1, -0.05) is 37.3 Å². The van der Waals surface area contributed by atoms with Crippen LogP contribution < -0.4 is 9.47 Å². The van der Waals surface area contributed by atoms with Gasteiger partial charge < -0.3 is 14.4 Å². The molecule has 0 N–H and O–H groups in total. The van der Waals surface area contributed by atoms with E-state index in [0.29, 0.717) is 30.2 Å². The number of amides is 1. The Labute approximate surface area is 150 Å². The molecule has 0 bridgehead atoms. The summed E-state index contributed by atoms with van der Waals surface area (Å²) in [6.45, 7) is 7.23. The minimum absolute atomic E-state index is 0.000415. The highest BCUT2D eigenvalue weighted by molar-refractivity contribution is 5.95. The second-order valence-corrected chi connectivity index (χ2v) is 5.97. The van der Waals surface area contributed by atoms with Crippen LogP contribution >= 0.6 is 0 Å². The molecule has 134 valence electrons. The number of hydrogen-bond acceptors (Lipinski definition) is 3. The molecular weight excluding hydrogens is 314 g/mol. The van der Waals surface area contributed by atoms with Crippen molar-refractivity contribution in [2.45, 2.75) is 39.8 Å². The number of methoxy groups -OCH3 is 1. The predicted molar refractivity (Wildman–Crippen MR) is 100 cm³/mol. The highest BCUT2D eigenvalue weighted by atomic mass is 16.5. The van der Waals surface area contributed by atoms with E-state index in [-0.39, 0.29) is 11.9 Å². The number of hydrogen-bond donors (Lipinski definition) is 0. The van der Waals surface area contributed by atoms with Crippen LogP contribution in [0.15, 0.2) is 48.5 Å². The largest absolute Gasteiger partial charge is 0.493 e. The Balaban J connectivity index is 2.29. The van der Waals surface area contributed by atoms with Crippen LogP contribution in [0.1, 0.15) is 43.1 Å². The fourth-order valence-electron chi connectivity index (χ4n) is 2.67. The lowest BCUT2D eigenvalue weighted by molar-refractivity contribution is 0.0671. The number of carbonyl (C=O) groups excluding carboxylic acids is 1. The summed E-state index contributed by atoms with van der Waals surface area (Å²) in [4.78, 5) is 15.0. The van der Waals surface area contributed by atoms with Crippen LogP contribution in [0, 0.1) is 0 Å². The van der Waals surface area contributed by atoms with E-state index in [2.05, 4.69) is 13.8 Å². The van der Waals surface area contributed by atoms with E-state index in [1.165, 1.54) is 0 Å². The highest BCUT2D eigenvalue weighted by Gasteiger charge is 2.22. The molecule has 4 heteroatoms. The van der Waals surface area contributed by atoms with Crippen molar-refractivity contribution in [2.75, 3.05) is 13.7 Å². The maximum atomic E-state index is 13.1. The Morgan fingerprint density at radius 2 is 1.80 bits per heavy atom. The van der Waals surface area contributed by atoms with Crippen molar-refractivity contribution < 1.29 is 14.3 Å². The smallest absolute Gasteiger partial charge is 0.254 e. The molecule has 0 heterocycles. The molecule has 0 saturated carbocycles. The molecule has 2 aromatic carbocycles. The first kappa shape index (κ1) is 18.8. The number of rotatable bonds is 8. The summed E-state index contributed by atoms with van der Waals surface area (Å²) in [5.74, 6) is 1.23. The number of carbonyl (C=O) groups is 1. The van der Waals surface area contributed by atoms with E-state index in [1.54, 1.807) is 25.3 Å². The predicted octanol–water partition coefficient (Wildman–Crippen LogP) is 4.53. The van der Waals surface area contributed by atoms with Gasteiger partial charge in [0.2, 0.25) is 0 Å². The van der Waals surface area contributed by atoms with E-state index in [0.717, 1.165) is 12.0 Å². The SMILES string of the molecule is CCOc1ccc(C(=O)N(Cc2ccccc2)C(C)CC)cc1OC. The first-order valence-corrected chi connectivity index (χ1v) is 8.76. The van der Waals surface area contributed by atoms with Crippen LogP contribution in [0.3, 0.4) is 0 Å². The second-order valence-electron chi connectivity index (χ2n) is 5.97. The van der Waals surface area contributed by atoms with Crippen LogP contribution in [0.25, 0.3) is 0 Å². The molecule has 0 radical (unpaired) electrons. The zero-order valence-electron chi connectivity index (χ0n) is 15.5. The Hall–Kier alpha value is -2.49. The van der Waals surface area contributed by atoms with Gasteiger partial charge in [0.25, 0.3) is 5.91 Å². The van der Waals surface area contributed by atoms with Gasteiger partial charge in [-0.15, -0.1) is 0 Å². The first-order chi connectivity index (χ1) is 12.1. The van der Waals surface area contributed by atoms with Crippen LogP contribution in [0.5, 0.6) is 11.5 Å². The van der Waals surface area contributed by atoms with Crippen molar-refractivity contribution in [3.8, 4) is 11.5 Å². The molecule has 0 saturated heterocycles. The average molecular weight is 341 g/mol. The molecule has 0 aliphatic carbocycles. The van der Waals surface area contributed by atoms with E-state index in [4.69, 9.17) is 9.47 Å². The summed E-state index contributed by atoms with van der Waals surface area (Å²) in [5.41, 5.74) is 1.73. The second kappa shape index (κ2) is 9.11. The zero-order chi connectivity index (χ0) is 18.2. The molecule has 1 unspecified atom stereocenters. The van der Waals surface area contributed by atoms with Gasteiger partial charge in [-0.05, 0) is 44.0 Å². The highest BCUT2D eigenvalue weighted by Crippen LogP contribution is 2.29. The van der Waals surface area contributed by atoms with Gasteiger partial charge in [-0.2, -0.15) is 0 Å². The lowest BCUT2D eigenvalue weighted by atomic mass is 10.1. The summed E-state index contributed by atoms with van der Waals surface area (Å²) in [5, 5.41) is 0. The first-order valence-electron chi connectivity index (χ1n) is 8.76. The molecule has 0 aromatic heterocycles. The van der Waals surface area contributed by atoms with Crippen molar-refractivity contribution in [3.05, 3.63) is 59.7 Å². The molecule has 0 spiro atoms. The quantitative estimate of drug-likeness (QED) is 0.708. The Kier molecular flexibility index (Phi) is 6.87. The number of benzene rings is 2. The topological polar surface area (TPSA) is 38.8 Å². The molecular formula is C21H27NO3. The van der Waals surface area contributed by atoms with E-state index in [1.807, 2.05) is 42.2 Å². The minimum Gasteiger partial charge on any atom is -0.493 e. The van der Waals surface area contributed by atoms with Crippen molar-refractivity contribution in [2.24, 2.45) is 0 Å². The van der Waals surface area contributed by atoms with Gasteiger partial charge in [0.05, 0.1) is 13.7 Å². The summed E-state index contributed by atoms with van der Waals surface area (Å²) in [7, 11) is 1.59.